The van der Waals surface area contributed by atoms with Crippen molar-refractivity contribution < 1.29 is 14.9 Å². The van der Waals surface area contributed by atoms with Crippen molar-refractivity contribution in [3.05, 3.63) is 12.2 Å². The summed E-state index contributed by atoms with van der Waals surface area (Å²) in [6.45, 7) is 3.71. The number of aliphatic hydroxyl groups is 2. The summed E-state index contributed by atoms with van der Waals surface area (Å²) in [5.74, 6) is 0. The highest BCUT2D eigenvalue weighted by Crippen LogP contribution is 2.52. The van der Waals surface area contributed by atoms with Crippen LogP contribution in [0.25, 0.3) is 0 Å². The second kappa shape index (κ2) is 3.05. The number of aliphatic hydroxyl groups excluding tert-OH is 1. The molecular weight excluding hydrogens is 180 g/mol. The summed E-state index contributed by atoms with van der Waals surface area (Å²) in [6, 6.07) is 0. The minimum absolute atomic E-state index is 0.0281. The zero-order valence-corrected chi connectivity index (χ0v) is 8.73. The van der Waals surface area contributed by atoms with Crippen molar-refractivity contribution in [3.63, 3.8) is 0 Å². The van der Waals surface area contributed by atoms with Gasteiger partial charge >= 0.3 is 0 Å². The lowest BCUT2D eigenvalue weighted by Gasteiger charge is -2.43. The fourth-order valence-corrected chi connectivity index (χ4v) is 2.76. The molecule has 0 aromatic carbocycles. The highest BCUT2D eigenvalue weighted by Gasteiger charge is 2.56. The third-order valence-corrected chi connectivity index (χ3v) is 3.71. The molecule has 2 rings (SSSR count). The summed E-state index contributed by atoms with van der Waals surface area (Å²) < 4.78 is 5.69. The fourth-order valence-electron chi connectivity index (χ4n) is 2.76. The van der Waals surface area contributed by atoms with E-state index in [9.17, 15) is 5.11 Å². The molecular formula is C11H18O3. The lowest BCUT2D eigenvalue weighted by molar-refractivity contribution is -0.0901. The van der Waals surface area contributed by atoms with E-state index >= 15 is 0 Å². The Morgan fingerprint density at radius 3 is 2.57 bits per heavy atom. The van der Waals surface area contributed by atoms with E-state index < -0.39 is 5.60 Å². The summed E-state index contributed by atoms with van der Waals surface area (Å²) >= 11 is 0. The van der Waals surface area contributed by atoms with Gasteiger partial charge in [0.25, 0.3) is 0 Å². The molecule has 1 fully saturated rings. The van der Waals surface area contributed by atoms with E-state index in [4.69, 9.17) is 9.84 Å². The van der Waals surface area contributed by atoms with Crippen LogP contribution in [0.3, 0.4) is 0 Å². The van der Waals surface area contributed by atoms with Crippen molar-refractivity contribution in [2.24, 2.45) is 5.41 Å². The Kier molecular flexibility index (Phi) is 2.21. The molecule has 0 aromatic heterocycles. The first-order valence-electron chi connectivity index (χ1n) is 5.17. The van der Waals surface area contributed by atoms with Gasteiger partial charge in [0.05, 0.1) is 17.8 Å². The van der Waals surface area contributed by atoms with Crippen LogP contribution in [0, 0.1) is 5.41 Å². The number of ether oxygens (including phenoxy) is 1. The smallest absolute Gasteiger partial charge is 0.0850 e. The van der Waals surface area contributed by atoms with Gasteiger partial charge in [-0.1, -0.05) is 12.2 Å². The summed E-state index contributed by atoms with van der Waals surface area (Å²) in [7, 11) is 0. The molecule has 0 aliphatic carbocycles. The number of rotatable bonds is 3. The normalized spacial score (nSPS) is 40.9. The van der Waals surface area contributed by atoms with Crippen LogP contribution in [-0.4, -0.2) is 34.6 Å². The van der Waals surface area contributed by atoms with Gasteiger partial charge in [0.1, 0.15) is 0 Å². The SMILES string of the molecule is CC(C)(O)C1(CCO)CC2C=CC1O2. The molecule has 0 amide bonds. The van der Waals surface area contributed by atoms with Crippen molar-refractivity contribution in [2.45, 2.75) is 44.5 Å². The third kappa shape index (κ3) is 1.23. The lowest BCUT2D eigenvalue weighted by atomic mass is 9.64. The van der Waals surface area contributed by atoms with E-state index in [2.05, 4.69) is 0 Å². The Balaban J connectivity index is 2.29. The minimum Gasteiger partial charge on any atom is -0.396 e. The molecule has 2 heterocycles. The Labute approximate surface area is 84.4 Å². The van der Waals surface area contributed by atoms with Gasteiger partial charge in [-0.15, -0.1) is 0 Å². The van der Waals surface area contributed by atoms with Crippen LogP contribution in [0.5, 0.6) is 0 Å². The van der Waals surface area contributed by atoms with Crippen LogP contribution in [0.15, 0.2) is 12.2 Å². The van der Waals surface area contributed by atoms with Crippen LogP contribution in [-0.2, 0) is 4.74 Å². The van der Waals surface area contributed by atoms with Crippen molar-refractivity contribution in [2.75, 3.05) is 6.61 Å². The van der Waals surface area contributed by atoms with Crippen molar-refractivity contribution in [1.82, 2.24) is 0 Å². The average molecular weight is 198 g/mol. The molecule has 2 N–H and O–H groups in total. The third-order valence-electron chi connectivity index (χ3n) is 3.71. The standard InChI is InChI=1S/C11H18O3/c1-10(2,13)11(5-6-12)7-8-3-4-9(11)14-8/h3-4,8-9,12-13H,5-7H2,1-2H3. The van der Waals surface area contributed by atoms with Crippen LogP contribution in [0.2, 0.25) is 0 Å². The molecule has 3 nitrogen and oxygen atoms in total. The molecule has 14 heavy (non-hydrogen) atoms. The molecule has 0 aromatic rings. The van der Waals surface area contributed by atoms with E-state index in [0.717, 1.165) is 6.42 Å². The van der Waals surface area contributed by atoms with Crippen LogP contribution < -0.4 is 0 Å². The molecule has 3 heteroatoms. The Morgan fingerprint density at radius 1 is 1.50 bits per heavy atom. The Hall–Kier alpha value is -0.380. The number of hydrogen-bond acceptors (Lipinski definition) is 3. The summed E-state index contributed by atoms with van der Waals surface area (Å²) in [5.41, 5.74) is -1.11. The number of fused-ring (bicyclic) bond motifs is 2. The van der Waals surface area contributed by atoms with Gasteiger partial charge in [-0.3, -0.25) is 0 Å². The molecule has 2 aliphatic rings. The molecule has 3 atom stereocenters. The molecule has 2 bridgehead atoms. The summed E-state index contributed by atoms with van der Waals surface area (Å²) in [5, 5.41) is 19.3. The molecule has 0 spiro atoms. The Morgan fingerprint density at radius 2 is 2.21 bits per heavy atom. The largest absolute Gasteiger partial charge is 0.396 e. The number of hydrogen-bond donors (Lipinski definition) is 2. The first-order chi connectivity index (χ1) is 6.49. The van der Waals surface area contributed by atoms with E-state index in [1.165, 1.54) is 0 Å². The van der Waals surface area contributed by atoms with E-state index in [-0.39, 0.29) is 24.2 Å². The van der Waals surface area contributed by atoms with Crippen LogP contribution in [0.1, 0.15) is 26.7 Å². The quantitative estimate of drug-likeness (QED) is 0.661. The topological polar surface area (TPSA) is 49.7 Å². The monoisotopic (exact) mass is 198 g/mol. The first kappa shape index (κ1) is 10.1. The van der Waals surface area contributed by atoms with Gasteiger partial charge in [-0.05, 0) is 26.7 Å². The predicted molar refractivity (Wildman–Crippen MR) is 52.9 cm³/mol. The molecule has 2 aliphatic heterocycles. The summed E-state index contributed by atoms with van der Waals surface area (Å²) in [4.78, 5) is 0. The molecule has 80 valence electrons. The van der Waals surface area contributed by atoms with Gasteiger partial charge in [0.15, 0.2) is 0 Å². The van der Waals surface area contributed by atoms with E-state index in [1.54, 1.807) is 13.8 Å². The van der Waals surface area contributed by atoms with Gasteiger partial charge in [0, 0.05) is 12.0 Å². The van der Waals surface area contributed by atoms with Crippen molar-refractivity contribution >= 4 is 0 Å². The fraction of sp³-hybridized carbons (Fsp3) is 0.818. The van der Waals surface area contributed by atoms with E-state index in [0.29, 0.717) is 6.42 Å². The zero-order chi connectivity index (χ0) is 10.4. The average Bonchev–Trinajstić information content (AvgIpc) is 2.62. The Bertz CT molecular complexity index is 254. The molecule has 1 saturated heterocycles. The predicted octanol–water partition coefficient (Wildman–Crippen LogP) is 0.853. The maximum atomic E-state index is 10.2. The van der Waals surface area contributed by atoms with Gasteiger partial charge in [-0.25, -0.2) is 0 Å². The highest BCUT2D eigenvalue weighted by molar-refractivity contribution is 5.20. The van der Waals surface area contributed by atoms with Gasteiger partial charge < -0.3 is 14.9 Å². The second-order valence-corrected chi connectivity index (χ2v) is 4.87. The molecule has 0 saturated carbocycles. The molecule has 3 unspecified atom stereocenters. The maximum Gasteiger partial charge on any atom is 0.0850 e. The van der Waals surface area contributed by atoms with Gasteiger partial charge in [-0.2, -0.15) is 0 Å². The second-order valence-electron chi connectivity index (χ2n) is 4.87. The van der Waals surface area contributed by atoms with Crippen molar-refractivity contribution in [1.29, 1.82) is 0 Å². The van der Waals surface area contributed by atoms with E-state index in [1.807, 2.05) is 12.2 Å². The summed E-state index contributed by atoms with van der Waals surface area (Å²) in [6.07, 6.45) is 5.59. The minimum atomic E-state index is -0.806. The van der Waals surface area contributed by atoms with Gasteiger partial charge in [0.2, 0.25) is 0 Å². The zero-order valence-electron chi connectivity index (χ0n) is 8.73. The van der Waals surface area contributed by atoms with Crippen molar-refractivity contribution in [3.8, 4) is 0 Å². The van der Waals surface area contributed by atoms with Crippen LogP contribution >= 0.6 is 0 Å². The lowest BCUT2D eigenvalue weighted by Crippen LogP contribution is -2.49. The molecule has 0 radical (unpaired) electrons. The van der Waals surface area contributed by atoms with Crippen LogP contribution in [0.4, 0.5) is 0 Å². The highest BCUT2D eigenvalue weighted by atomic mass is 16.5. The first-order valence-corrected chi connectivity index (χ1v) is 5.17. The maximum absolute atomic E-state index is 10.2.